The van der Waals surface area contributed by atoms with Gasteiger partial charge in [0.15, 0.2) is 0 Å². The van der Waals surface area contributed by atoms with Crippen molar-refractivity contribution >= 4 is 9.84 Å². The second-order valence-corrected chi connectivity index (χ2v) is 6.22. The Bertz CT molecular complexity index is 248. The number of sulfone groups is 1. The van der Waals surface area contributed by atoms with Crippen LogP contribution in [0.15, 0.2) is 0 Å². The lowest BCUT2D eigenvalue weighted by Gasteiger charge is -2.10. The van der Waals surface area contributed by atoms with E-state index in [9.17, 15) is 8.42 Å². The van der Waals surface area contributed by atoms with E-state index < -0.39 is 9.84 Å². The summed E-state index contributed by atoms with van der Waals surface area (Å²) in [6.07, 6.45) is 2.88. The normalized spacial score (nSPS) is 37.1. The third-order valence-corrected chi connectivity index (χ3v) is 4.51. The first-order valence-electron chi connectivity index (χ1n) is 4.34. The first-order valence-corrected chi connectivity index (χ1v) is 6.29. The quantitative estimate of drug-likeness (QED) is 0.687. The van der Waals surface area contributed by atoms with Crippen molar-refractivity contribution in [3.63, 3.8) is 0 Å². The molecule has 3 atom stereocenters. The van der Waals surface area contributed by atoms with Crippen LogP contribution in [0.25, 0.3) is 0 Å². The molecule has 2 N–H and O–H groups in total. The highest BCUT2D eigenvalue weighted by atomic mass is 32.2. The predicted octanol–water partition coefficient (Wildman–Crippen LogP) is 0.404. The molecule has 0 bridgehead atoms. The molecule has 0 amide bonds. The fraction of sp³-hybridized carbons (Fsp3) is 1.00. The molecule has 0 unspecified atom stereocenters. The first-order chi connectivity index (χ1) is 5.45. The van der Waals surface area contributed by atoms with Gasteiger partial charge in [-0.1, -0.05) is 6.92 Å². The average Bonchev–Trinajstić information content (AvgIpc) is 2.29. The minimum Gasteiger partial charge on any atom is -0.330 e. The van der Waals surface area contributed by atoms with Crippen LogP contribution in [0, 0.1) is 11.8 Å². The van der Waals surface area contributed by atoms with Crippen molar-refractivity contribution in [2.75, 3.05) is 12.8 Å². The van der Waals surface area contributed by atoms with Crippen LogP contribution in [0.5, 0.6) is 0 Å². The van der Waals surface area contributed by atoms with Gasteiger partial charge in [0.2, 0.25) is 0 Å². The van der Waals surface area contributed by atoms with Crippen molar-refractivity contribution in [2.24, 2.45) is 17.6 Å². The van der Waals surface area contributed by atoms with Gasteiger partial charge in [0.1, 0.15) is 9.84 Å². The van der Waals surface area contributed by atoms with E-state index in [0.717, 1.165) is 12.8 Å². The number of hydrogen-bond acceptors (Lipinski definition) is 3. The van der Waals surface area contributed by atoms with Crippen molar-refractivity contribution in [3.8, 4) is 0 Å². The smallest absolute Gasteiger partial charge is 0.150 e. The average molecular weight is 191 g/mol. The van der Waals surface area contributed by atoms with E-state index in [4.69, 9.17) is 5.73 Å². The van der Waals surface area contributed by atoms with Gasteiger partial charge in [0, 0.05) is 6.26 Å². The maximum Gasteiger partial charge on any atom is 0.150 e. The van der Waals surface area contributed by atoms with Crippen LogP contribution >= 0.6 is 0 Å². The lowest BCUT2D eigenvalue weighted by Crippen LogP contribution is -2.18. The molecule has 0 aromatic rings. The summed E-state index contributed by atoms with van der Waals surface area (Å²) < 4.78 is 22.4. The molecule has 4 heteroatoms. The molecule has 1 fully saturated rings. The molecular formula is C8H17NO2S. The van der Waals surface area contributed by atoms with Crippen LogP contribution in [0.3, 0.4) is 0 Å². The molecule has 0 saturated heterocycles. The zero-order valence-corrected chi connectivity index (χ0v) is 8.47. The maximum absolute atomic E-state index is 11.2. The number of rotatable bonds is 2. The van der Waals surface area contributed by atoms with E-state index in [0.29, 0.717) is 18.4 Å². The van der Waals surface area contributed by atoms with E-state index in [2.05, 4.69) is 6.92 Å². The Balaban J connectivity index is 2.67. The molecule has 1 rings (SSSR count). The van der Waals surface area contributed by atoms with Gasteiger partial charge in [-0.05, 0) is 31.2 Å². The van der Waals surface area contributed by atoms with Crippen molar-refractivity contribution in [2.45, 2.75) is 25.0 Å². The number of hydrogen-bond donors (Lipinski definition) is 1. The van der Waals surface area contributed by atoms with E-state index in [1.807, 2.05) is 0 Å². The Morgan fingerprint density at radius 2 is 2.00 bits per heavy atom. The number of nitrogens with two attached hydrogens (primary N) is 1. The van der Waals surface area contributed by atoms with Crippen LogP contribution in [0.4, 0.5) is 0 Å². The Labute approximate surface area is 74.3 Å². The summed E-state index contributed by atoms with van der Waals surface area (Å²) in [5, 5.41) is -0.138. The van der Waals surface area contributed by atoms with Gasteiger partial charge < -0.3 is 5.73 Å². The van der Waals surface area contributed by atoms with E-state index >= 15 is 0 Å². The Kier molecular flexibility index (Phi) is 2.78. The van der Waals surface area contributed by atoms with Gasteiger partial charge in [-0.2, -0.15) is 0 Å². The third-order valence-electron chi connectivity index (χ3n) is 2.91. The second kappa shape index (κ2) is 3.34. The van der Waals surface area contributed by atoms with Crippen LogP contribution in [-0.2, 0) is 9.84 Å². The summed E-state index contributed by atoms with van der Waals surface area (Å²) in [5.41, 5.74) is 5.53. The lowest BCUT2D eigenvalue weighted by molar-refractivity contribution is 0.429. The van der Waals surface area contributed by atoms with Crippen LogP contribution in [0.1, 0.15) is 19.8 Å². The van der Waals surface area contributed by atoms with E-state index in [-0.39, 0.29) is 5.25 Å². The fourth-order valence-electron chi connectivity index (χ4n) is 1.95. The lowest BCUT2D eigenvalue weighted by atomic mass is 9.99. The van der Waals surface area contributed by atoms with Gasteiger partial charge in [-0.3, -0.25) is 0 Å². The highest BCUT2D eigenvalue weighted by Crippen LogP contribution is 2.34. The van der Waals surface area contributed by atoms with Crippen molar-refractivity contribution in [1.82, 2.24) is 0 Å². The summed E-state index contributed by atoms with van der Waals surface area (Å²) in [4.78, 5) is 0. The Morgan fingerprint density at radius 1 is 1.42 bits per heavy atom. The maximum atomic E-state index is 11.2. The van der Waals surface area contributed by atoms with E-state index in [1.165, 1.54) is 6.26 Å². The monoisotopic (exact) mass is 191 g/mol. The minimum atomic E-state index is -2.83. The summed E-state index contributed by atoms with van der Waals surface area (Å²) in [6, 6.07) is 0. The molecule has 12 heavy (non-hydrogen) atoms. The minimum absolute atomic E-state index is 0.138. The molecule has 0 radical (unpaired) electrons. The van der Waals surface area contributed by atoms with Crippen molar-refractivity contribution in [1.29, 1.82) is 0 Å². The molecule has 72 valence electrons. The Hall–Kier alpha value is -0.0900. The van der Waals surface area contributed by atoms with Crippen molar-refractivity contribution in [3.05, 3.63) is 0 Å². The highest BCUT2D eigenvalue weighted by Gasteiger charge is 2.35. The first kappa shape index (κ1) is 9.99. The van der Waals surface area contributed by atoms with Gasteiger partial charge in [-0.25, -0.2) is 8.42 Å². The van der Waals surface area contributed by atoms with Crippen LogP contribution in [0.2, 0.25) is 0 Å². The van der Waals surface area contributed by atoms with Gasteiger partial charge in [0.25, 0.3) is 0 Å². The molecule has 0 aromatic carbocycles. The molecule has 0 spiro atoms. The zero-order chi connectivity index (χ0) is 9.35. The zero-order valence-electron chi connectivity index (χ0n) is 7.66. The van der Waals surface area contributed by atoms with Crippen LogP contribution < -0.4 is 5.73 Å². The SMILES string of the molecule is C[C@@H]1C[C@@H](S(C)(=O)=O)C[C@@H]1CN. The second-order valence-electron chi connectivity index (χ2n) is 3.90. The van der Waals surface area contributed by atoms with E-state index in [1.54, 1.807) is 0 Å². The van der Waals surface area contributed by atoms with Crippen molar-refractivity contribution < 1.29 is 8.42 Å². The fourth-order valence-corrected chi connectivity index (χ4v) is 3.20. The molecule has 0 heterocycles. The summed E-state index contributed by atoms with van der Waals surface area (Å²) in [6.45, 7) is 2.70. The van der Waals surface area contributed by atoms with Crippen LogP contribution in [-0.4, -0.2) is 26.5 Å². The third kappa shape index (κ3) is 1.98. The predicted molar refractivity (Wildman–Crippen MR) is 49.6 cm³/mol. The largest absolute Gasteiger partial charge is 0.330 e. The summed E-state index contributed by atoms with van der Waals surface area (Å²) >= 11 is 0. The summed E-state index contributed by atoms with van der Waals surface area (Å²) in [5.74, 6) is 0.874. The van der Waals surface area contributed by atoms with Gasteiger partial charge in [0.05, 0.1) is 5.25 Å². The molecule has 0 aromatic heterocycles. The molecule has 1 aliphatic rings. The topological polar surface area (TPSA) is 60.2 Å². The Morgan fingerprint density at radius 3 is 2.25 bits per heavy atom. The molecule has 3 nitrogen and oxygen atoms in total. The molecule has 1 aliphatic carbocycles. The molecular weight excluding hydrogens is 174 g/mol. The molecule has 0 aliphatic heterocycles. The highest BCUT2D eigenvalue weighted by molar-refractivity contribution is 7.91. The molecule has 1 saturated carbocycles. The van der Waals surface area contributed by atoms with Gasteiger partial charge in [-0.15, -0.1) is 0 Å². The van der Waals surface area contributed by atoms with Gasteiger partial charge >= 0.3 is 0 Å². The standard InChI is InChI=1S/C8H17NO2S/c1-6-3-8(12(2,10)11)4-7(6)5-9/h6-8H,3-5,9H2,1-2H3/t6-,7-,8-/m1/s1. The summed E-state index contributed by atoms with van der Waals surface area (Å²) in [7, 11) is -2.83.